The van der Waals surface area contributed by atoms with Crippen molar-refractivity contribution in [3.05, 3.63) is 23.8 Å². The number of hydrogen-bond acceptors (Lipinski definition) is 4. The van der Waals surface area contributed by atoms with Gasteiger partial charge in [-0.2, -0.15) is 10.1 Å². The van der Waals surface area contributed by atoms with E-state index in [0.717, 1.165) is 5.69 Å². The molecule has 1 N–H and O–H groups in total. The highest BCUT2D eigenvalue weighted by Crippen LogP contribution is 2.07. The van der Waals surface area contributed by atoms with Gasteiger partial charge in [-0.05, 0) is 20.8 Å². The molecule has 1 amide bonds. The third-order valence-corrected chi connectivity index (χ3v) is 2.21. The summed E-state index contributed by atoms with van der Waals surface area (Å²) >= 11 is 0. The van der Waals surface area contributed by atoms with E-state index in [-0.39, 0.29) is 11.9 Å². The predicted octanol–water partition coefficient (Wildman–Crippen LogP) is 0.571. The molecule has 0 atom stereocenters. The highest BCUT2D eigenvalue weighted by Gasteiger charge is 2.13. The van der Waals surface area contributed by atoms with Crippen LogP contribution in [0, 0.1) is 6.92 Å². The number of amides is 1. The number of aryl methyl sites for hydroxylation is 1. The average Bonchev–Trinajstić information content (AvgIpc) is 2.65. The third kappa shape index (κ3) is 1.73. The number of nitrogens with zero attached hydrogens (tertiary/aromatic N) is 4. The molecule has 2 aromatic rings. The van der Waals surface area contributed by atoms with Gasteiger partial charge in [0, 0.05) is 12.2 Å². The SMILES string of the molecule is Cc1c(C(=O)NC(C)C)cnc2ncnn12. The number of carbonyl (C=O) groups excluding carboxylic acids is 1. The van der Waals surface area contributed by atoms with E-state index in [2.05, 4.69) is 20.4 Å². The van der Waals surface area contributed by atoms with E-state index in [1.807, 2.05) is 20.8 Å². The summed E-state index contributed by atoms with van der Waals surface area (Å²) in [5.41, 5.74) is 1.26. The van der Waals surface area contributed by atoms with Gasteiger partial charge in [0.2, 0.25) is 0 Å². The van der Waals surface area contributed by atoms with Crippen molar-refractivity contribution in [2.45, 2.75) is 26.8 Å². The van der Waals surface area contributed by atoms with Gasteiger partial charge in [0.05, 0.1) is 11.3 Å². The number of nitrogens with one attached hydrogen (secondary N) is 1. The molecule has 0 aromatic carbocycles. The Labute approximate surface area is 92.7 Å². The standard InChI is InChI=1S/C10H13N5O/c1-6(2)14-9(16)8-4-11-10-12-5-13-15(10)7(8)3/h4-6H,1-3H3,(H,14,16). The fourth-order valence-corrected chi connectivity index (χ4v) is 1.45. The van der Waals surface area contributed by atoms with Crippen LogP contribution in [0.15, 0.2) is 12.5 Å². The maximum Gasteiger partial charge on any atom is 0.254 e. The van der Waals surface area contributed by atoms with Crippen LogP contribution < -0.4 is 5.32 Å². The first-order valence-corrected chi connectivity index (χ1v) is 5.06. The van der Waals surface area contributed by atoms with Crippen molar-refractivity contribution in [1.82, 2.24) is 24.9 Å². The second-order valence-corrected chi connectivity index (χ2v) is 3.86. The zero-order valence-corrected chi connectivity index (χ0v) is 9.43. The summed E-state index contributed by atoms with van der Waals surface area (Å²) in [5, 5.41) is 6.82. The van der Waals surface area contributed by atoms with Gasteiger partial charge in [-0.15, -0.1) is 0 Å². The van der Waals surface area contributed by atoms with Gasteiger partial charge in [-0.1, -0.05) is 0 Å². The summed E-state index contributed by atoms with van der Waals surface area (Å²) in [6.45, 7) is 5.64. The lowest BCUT2D eigenvalue weighted by Gasteiger charge is -2.10. The molecule has 16 heavy (non-hydrogen) atoms. The number of hydrogen-bond donors (Lipinski definition) is 1. The highest BCUT2D eigenvalue weighted by molar-refractivity contribution is 5.95. The maximum atomic E-state index is 11.8. The quantitative estimate of drug-likeness (QED) is 0.801. The molecule has 0 saturated heterocycles. The summed E-state index contributed by atoms with van der Waals surface area (Å²) in [4.78, 5) is 19.8. The Hall–Kier alpha value is -1.98. The average molecular weight is 219 g/mol. The minimum atomic E-state index is -0.141. The smallest absolute Gasteiger partial charge is 0.254 e. The molecule has 0 unspecified atom stereocenters. The molecule has 0 bridgehead atoms. The fraction of sp³-hybridized carbons (Fsp3) is 0.400. The van der Waals surface area contributed by atoms with E-state index in [0.29, 0.717) is 11.3 Å². The van der Waals surface area contributed by atoms with Gasteiger partial charge in [-0.3, -0.25) is 4.79 Å². The van der Waals surface area contributed by atoms with Crippen LogP contribution in [0.5, 0.6) is 0 Å². The van der Waals surface area contributed by atoms with Gasteiger partial charge in [0.25, 0.3) is 11.7 Å². The topological polar surface area (TPSA) is 72.2 Å². The van der Waals surface area contributed by atoms with Gasteiger partial charge >= 0.3 is 0 Å². The zero-order chi connectivity index (χ0) is 11.7. The van der Waals surface area contributed by atoms with Crippen LogP contribution in [0.25, 0.3) is 5.78 Å². The van der Waals surface area contributed by atoms with Crippen LogP contribution in [-0.2, 0) is 0 Å². The van der Waals surface area contributed by atoms with Crippen molar-refractivity contribution in [3.8, 4) is 0 Å². The number of rotatable bonds is 2. The second-order valence-electron chi connectivity index (χ2n) is 3.86. The Kier molecular flexibility index (Phi) is 2.55. The summed E-state index contributed by atoms with van der Waals surface area (Å²) in [7, 11) is 0. The molecule has 84 valence electrons. The van der Waals surface area contributed by atoms with Crippen LogP contribution in [-0.4, -0.2) is 31.5 Å². The second kappa shape index (κ2) is 3.88. The molecule has 0 saturated carbocycles. The summed E-state index contributed by atoms with van der Waals surface area (Å²) in [6.07, 6.45) is 2.94. The molecular formula is C10H13N5O. The van der Waals surface area contributed by atoms with E-state index < -0.39 is 0 Å². The van der Waals surface area contributed by atoms with Crippen LogP contribution in [0.1, 0.15) is 29.9 Å². The van der Waals surface area contributed by atoms with E-state index >= 15 is 0 Å². The van der Waals surface area contributed by atoms with E-state index in [1.54, 1.807) is 4.52 Å². The fourth-order valence-electron chi connectivity index (χ4n) is 1.45. The summed E-state index contributed by atoms with van der Waals surface area (Å²) in [5.74, 6) is 0.357. The number of aromatic nitrogens is 4. The monoisotopic (exact) mass is 219 g/mol. The number of carbonyl (C=O) groups is 1. The molecule has 2 heterocycles. The van der Waals surface area contributed by atoms with Gasteiger partial charge in [-0.25, -0.2) is 9.50 Å². The number of fused-ring (bicyclic) bond motifs is 1. The van der Waals surface area contributed by atoms with E-state index in [1.165, 1.54) is 12.5 Å². The molecule has 0 aliphatic heterocycles. The van der Waals surface area contributed by atoms with Gasteiger partial charge < -0.3 is 5.32 Å². The van der Waals surface area contributed by atoms with Crippen LogP contribution in [0.3, 0.4) is 0 Å². The minimum Gasteiger partial charge on any atom is -0.350 e. The molecule has 0 radical (unpaired) electrons. The van der Waals surface area contributed by atoms with Crippen molar-refractivity contribution in [1.29, 1.82) is 0 Å². The maximum absolute atomic E-state index is 11.8. The van der Waals surface area contributed by atoms with Crippen molar-refractivity contribution in [2.75, 3.05) is 0 Å². The first kappa shape index (κ1) is 10.5. The first-order valence-electron chi connectivity index (χ1n) is 5.06. The molecule has 0 fully saturated rings. The Morgan fingerprint density at radius 3 is 2.88 bits per heavy atom. The summed E-state index contributed by atoms with van der Waals surface area (Å²) in [6, 6.07) is 0.0957. The first-order chi connectivity index (χ1) is 7.59. The Balaban J connectivity index is 2.44. The normalized spacial score (nSPS) is 11.0. The van der Waals surface area contributed by atoms with Crippen LogP contribution in [0.2, 0.25) is 0 Å². The molecule has 6 heteroatoms. The van der Waals surface area contributed by atoms with Crippen molar-refractivity contribution in [2.24, 2.45) is 0 Å². The van der Waals surface area contributed by atoms with Crippen molar-refractivity contribution >= 4 is 11.7 Å². The minimum absolute atomic E-state index is 0.0957. The molecule has 0 spiro atoms. The van der Waals surface area contributed by atoms with Crippen LogP contribution >= 0.6 is 0 Å². The van der Waals surface area contributed by atoms with Crippen LogP contribution in [0.4, 0.5) is 0 Å². The molecule has 0 aliphatic carbocycles. The third-order valence-electron chi connectivity index (χ3n) is 2.21. The Morgan fingerprint density at radius 1 is 1.44 bits per heavy atom. The molecule has 2 aromatic heterocycles. The molecule has 0 aliphatic rings. The van der Waals surface area contributed by atoms with Crippen molar-refractivity contribution in [3.63, 3.8) is 0 Å². The van der Waals surface area contributed by atoms with E-state index in [4.69, 9.17) is 0 Å². The predicted molar refractivity (Wildman–Crippen MR) is 58.1 cm³/mol. The van der Waals surface area contributed by atoms with Gasteiger partial charge in [0.15, 0.2) is 0 Å². The lowest BCUT2D eigenvalue weighted by Crippen LogP contribution is -2.31. The lowest BCUT2D eigenvalue weighted by molar-refractivity contribution is 0.0941. The Morgan fingerprint density at radius 2 is 2.19 bits per heavy atom. The molecular weight excluding hydrogens is 206 g/mol. The molecule has 6 nitrogen and oxygen atoms in total. The highest BCUT2D eigenvalue weighted by atomic mass is 16.1. The van der Waals surface area contributed by atoms with Crippen molar-refractivity contribution < 1.29 is 4.79 Å². The summed E-state index contributed by atoms with van der Waals surface area (Å²) < 4.78 is 1.55. The van der Waals surface area contributed by atoms with E-state index in [9.17, 15) is 4.79 Å². The Bertz CT molecular complexity index is 531. The lowest BCUT2D eigenvalue weighted by atomic mass is 10.2. The largest absolute Gasteiger partial charge is 0.350 e. The molecule has 2 rings (SSSR count). The van der Waals surface area contributed by atoms with Gasteiger partial charge in [0.1, 0.15) is 6.33 Å². The zero-order valence-electron chi connectivity index (χ0n) is 9.43.